The van der Waals surface area contributed by atoms with Crippen molar-refractivity contribution in [2.45, 2.75) is 19.4 Å². The third kappa shape index (κ3) is 4.25. The fourth-order valence-corrected chi connectivity index (χ4v) is 4.67. The summed E-state index contributed by atoms with van der Waals surface area (Å²) in [6.07, 6.45) is 3.23. The Morgan fingerprint density at radius 3 is 2.63 bits per heavy atom. The molecule has 0 aliphatic carbocycles. The number of carbonyl (C=O) groups is 2. The molecular formula is C20H25N3O3S. The highest BCUT2D eigenvalue weighted by Crippen LogP contribution is 2.22. The second-order valence-corrected chi connectivity index (χ2v) is 8.28. The Bertz CT molecular complexity index is 752. The van der Waals surface area contributed by atoms with Gasteiger partial charge in [0, 0.05) is 50.7 Å². The summed E-state index contributed by atoms with van der Waals surface area (Å²) in [6.45, 7) is 5.51. The molecule has 0 aromatic carbocycles. The normalized spacial score (nSPS) is 21.4. The minimum absolute atomic E-state index is 0.0958. The van der Waals surface area contributed by atoms with Crippen LogP contribution in [-0.4, -0.2) is 65.8 Å². The van der Waals surface area contributed by atoms with E-state index in [1.165, 1.54) is 11.1 Å². The Hall–Kier alpha value is -2.12. The summed E-state index contributed by atoms with van der Waals surface area (Å²) in [4.78, 5) is 33.0. The molecule has 1 unspecified atom stereocenters. The molecule has 2 aromatic heterocycles. The highest BCUT2D eigenvalue weighted by molar-refractivity contribution is 7.09. The number of amides is 2. The lowest BCUT2D eigenvalue weighted by Gasteiger charge is -2.38. The van der Waals surface area contributed by atoms with E-state index in [9.17, 15) is 9.59 Å². The predicted molar refractivity (Wildman–Crippen MR) is 104 cm³/mol. The molecule has 0 saturated carbocycles. The third-order valence-corrected chi connectivity index (χ3v) is 6.29. The molecule has 6 nitrogen and oxygen atoms in total. The topological polar surface area (TPSA) is 57.0 Å². The van der Waals surface area contributed by atoms with Crippen molar-refractivity contribution in [3.63, 3.8) is 0 Å². The summed E-state index contributed by atoms with van der Waals surface area (Å²) in [5, 5.41) is 2.11. The van der Waals surface area contributed by atoms with E-state index >= 15 is 0 Å². The van der Waals surface area contributed by atoms with E-state index in [0.29, 0.717) is 18.8 Å². The van der Waals surface area contributed by atoms with Gasteiger partial charge in [-0.05, 0) is 36.4 Å². The molecule has 2 amide bonds. The van der Waals surface area contributed by atoms with Gasteiger partial charge in [0.25, 0.3) is 5.91 Å². The fraction of sp³-hybridized carbons (Fsp3) is 0.500. The first kappa shape index (κ1) is 18.3. The summed E-state index contributed by atoms with van der Waals surface area (Å²) in [5.41, 5.74) is 0. The molecule has 2 aromatic rings. The van der Waals surface area contributed by atoms with E-state index in [4.69, 9.17) is 4.42 Å². The largest absolute Gasteiger partial charge is 0.459 e. The summed E-state index contributed by atoms with van der Waals surface area (Å²) in [6, 6.07) is 7.64. The number of nitrogens with zero attached hydrogens (tertiary/aromatic N) is 3. The first-order chi connectivity index (χ1) is 13.2. The Labute approximate surface area is 163 Å². The number of piperidine rings is 1. The van der Waals surface area contributed by atoms with Crippen molar-refractivity contribution in [3.05, 3.63) is 46.5 Å². The summed E-state index contributed by atoms with van der Waals surface area (Å²) in [7, 11) is 0. The van der Waals surface area contributed by atoms with Gasteiger partial charge in [0.05, 0.1) is 12.2 Å². The molecule has 2 aliphatic rings. The SMILES string of the molecule is O=C(c1ccco1)N1CCCC(C(=O)N2CCN(Cc3cccs3)CC2)C1. The van der Waals surface area contributed by atoms with Crippen LogP contribution in [0.2, 0.25) is 0 Å². The third-order valence-electron chi connectivity index (χ3n) is 5.43. The smallest absolute Gasteiger partial charge is 0.289 e. The lowest BCUT2D eigenvalue weighted by molar-refractivity contribution is -0.138. The van der Waals surface area contributed by atoms with Gasteiger partial charge in [-0.1, -0.05) is 6.07 Å². The molecule has 2 fully saturated rings. The molecule has 27 heavy (non-hydrogen) atoms. The van der Waals surface area contributed by atoms with Gasteiger partial charge in [-0.25, -0.2) is 0 Å². The summed E-state index contributed by atoms with van der Waals surface area (Å²) < 4.78 is 5.22. The first-order valence-electron chi connectivity index (χ1n) is 9.57. The second kappa shape index (κ2) is 8.27. The highest BCUT2D eigenvalue weighted by atomic mass is 32.1. The van der Waals surface area contributed by atoms with Crippen LogP contribution in [0.3, 0.4) is 0 Å². The number of piperazine rings is 1. The Balaban J connectivity index is 1.29. The highest BCUT2D eigenvalue weighted by Gasteiger charge is 2.33. The summed E-state index contributed by atoms with van der Waals surface area (Å²) >= 11 is 1.78. The average Bonchev–Trinajstić information content (AvgIpc) is 3.42. The number of carbonyl (C=O) groups excluding carboxylic acids is 2. The zero-order valence-electron chi connectivity index (χ0n) is 15.4. The van der Waals surface area contributed by atoms with E-state index in [2.05, 4.69) is 22.4 Å². The van der Waals surface area contributed by atoms with E-state index in [1.54, 1.807) is 28.4 Å². The van der Waals surface area contributed by atoms with Gasteiger partial charge in [-0.3, -0.25) is 14.5 Å². The standard InChI is InChI=1S/C20H25N3O3S/c24-19(22-10-8-21(9-11-22)15-17-5-3-13-27-17)16-4-1-7-23(14-16)20(25)18-6-2-12-26-18/h2-3,5-6,12-13,16H,1,4,7-11,14-15H2. The first-order valence-corrected chi connectivity index (χ1v) is 10.4. The van der Waals surface area contributed by atoms with Crippen LogP contribution in [0.5, 0.6) is 0 Å². The average molecular weight is 388 g/mol. The van der Waals surface area contributed by atoms with Crippen LogP contribution in [0.25, 0.3) is 0 Å². The Morgan fingerprint density at radius 2 is 1.93 bits per heavy atom. The van der Waals surface area contributed by atoms with Crippen molar-refractivity contribution in [3.8, 4) is 0 Å². The molecule has 2 aliphatic heterocycles. The lowest BCUT2D eigenvalue weighted by atomic mass is 9.96. The van der Waals surface area contributed by atoms with Crippen molar-refractivity contribution < 1.29 is 14.0 Å². The Kier molecular flexibility index (Phi) is 5.59. The lowest BCUT2D eigenvalue weighted by Crippen LogP contribution is -2.52. The number of thiophene rings is 1. The molecule has 144 valence electrons. The maximum Gasteiger partial charge on any atom is 0.289 e. The number of rotatable bonds is 4. The van der Waals surface area contributed by atoms with Crippen LogP contribution in [0, 0.1) is 5.92 Å². The number of hydrogen-bond donors (Lipinski definition) is 0. The molecule has 0 bridgehead atoms. The van der Waals surface area contributed by atoms with Crippen LogP contribution < -0.4 is 0 Å². The van der Waals surface area contributed by atoms with Gasteiger partial charge in [0.15, 0.2) is 5.76 Å². The van der Waals surface area contributed by atoms with Gasteiger partial charge in [-0.15, -0.1) is 11.3 Å². The van der Waals surface area contributed by atoms with E-state index in [1.807, 2.05) is 4.90 Å². The fourth-order valence-electron chi connectivity index (χ4n) is 3.93. The van der Waals surface area contributed by atoms with Crippen LogP contribution in [-0.2, 0) is 11.3 Å². The van der Waals surface area contributed by atoms with Crippen molar-refractivity contribution in [2.75, 3.05) is 39.3 Å². The maximum atomic E-state index is 13.0. The van der Waals surface area contributed by atoms with Crippen molar-refractivity contribution in [1.29, 1.82) is 0 Å². The molecular weight excluding hydrogens is 362 g/mol. The zero-order chi connectivity index (χ0) is 18.6. The van der Waals surface area contributed by atoms with Gasteiger partial charge in [0.2, 0.25) is 5.91 Å². The zero-order valence-corrected chi connectivity index (χ0v) is 16.2. The van der Waals surface area contributed by atoms with Gasteiger partial charge < -0.3 is 14.2 Å². The van der Waals surface area contributed by atoms with Crippen molar-refractivity contribution in [2.24, 2.45) is 5.92 Å². The van der Waals surface area contributed by atoms with Crippen LogP contribution >= 0.6 is 11.3 Å². The molecule has 4 rings (SSSR count). The monoisotopic (exact) mass is 387 g/mol. The van der Waals surface area contributed by atoms with Crippen LogP contribution in [0.4, 0.5) is 0 Å². The van der Waals surface area contributed by atoms with Gasteiger partial charge in [-0.2, -0.15) is 0 Å². The number of likely N-dealkylation sites (tertiary alicyclic amines) is 1. The molecule has 0 radical (unpaired) electrons. The minimum atomic E-state index is -0.113. The van der Waals surface area contributed by atoms with Crippen molar-refractivity contribution in [1.82, 2.24) is 14.7 Å². The quantitative estimate of drug-likeness (QED) is 0.809. The van der Waals surface area contributed by atoms with Crippen LogP contribution in [0.15, 0.2) is 40.3 Å². The second-order valence-electron chi connectivity index (χ2n) is 7.25. The van der Waals surface area contributed by atoms with E-state index in [-0.39, 0.29) is 17.7 Å². The molecule has 0 spiro atoms. The predicted octanol–water partition coefficient (Wildman–Crippen LogP) is 2.54. The molecule has 1 atom stereocenters. The molecule has 4 heterocycles. The van der Waals surface area contributed by atoms with Crippen molar-refractivity contribution >= 4 is 23.2 Å². The van der Waals surface area contributed by atoms with Crippen LogP contribution in [0.1, 0.15) is 28.3 Å². The maximum absolute atomic E-state index is 13.0. The number of hydrogen-bond acceptors (Lipinski definition) is 5. The van der Waals surface area contributed by atoms with Gasteiger partial charge in [0.1, 0.15) is 0 Å². The number of furan rings is 1. The van der Waals surface area contributed by atoms with E-state index < -0.39 is 0 Å². The Morgan fingerprint density at radius 1 is 1.07 bits per heavy atom. The van der Waals surface area contributed by atoms with E-state index in [0.717, 1.165) is 45.6 Å². The summed E-state index contributed by atoms with van der Waals surface area (Å²) in [5.74, 6) is 0.341. The molecule has 7 heteroatoms. The minimum Gasteiger partial charge on any atom is -0.459 e. The molecule has 0 N–H and O–H groups in total. The molecule has 2 saturated heterocycles. The van der Waals surface area contributed by atoms with Gasteiger partial charge >= 0.3 is 0 Å².